The molecule has 9 heteroatoms. The monoisotopic (exact) mass is 416 g/mol. The molecule has 30 heavy (non-hydrogen) atoms. The molecule has 0 radical (unpaired) electrons. The van der Waals surface area contributed by atoms with E-state index in [1.54, 1.807) is 0 Å². The van der Waals surface area contributed by atoms with Crippen LogP contribution in [0.2, 0.25) is 0 Å². The number of pyridine rings is 1. The van der Waals surface area contributed by atoms with Gasteiger partial charge in [-0.2, -0.15) is 0 Å². The van der Waals surface area contributed by atoms with E-state index in [9.17, 15) is 19.2 Å². The molecule has 1 saturated carbocycles. The molecule has 0 saturated heterocycles. The minimum absolute atomic E-state index is 0.0310. The van der Waals surface area contributed by atoms with Gasteiger partial charge in [0.1, 0.15) is 6.54 Å². The summed E-state index contributed by atoms with van der Waals surface area (Å²) in [6.45, 7) is 8.11. The smallest absolute Gasteiger partial charge is 0.330 e. The van der Waals surface area contributed by atoms with Crippen LogP contribution in [0.15, 0.2) is 15.7 Å². The molecule has 0 bridgehead atoms. The molecule has 0 unspecified atom stereocenters. The lowest BCUT2D eigenvalue weighted by molar-refractivity contribution is -0.142. The molecule has 0 atom stereocenters. The van der Waals surface area contributed by atoms with Gasteiger partial charge in [0.15, 0.2) is 5.65 Å². The van der Waals surface area contributed by atoms with Gasteiger partial charge in [-0.15, -0.1) is 0 Å². The van der Waals surface area contributed by atoms with E-state index in [4.69, 9.17) is 4.74 Å². The van der Waals surface area contributed by atoms with E-state index in [1.165, 1.54) is 10.6 Å². The number of fused-ring (bicyclic) bond motifs is 1. The Balaban J connectivity index is 1.99. The zero-order chi connectivity index (χ0) is 22.0. The maximum atomic E-state index is 12.9. The number of esters is 1. The summed E-state index contributed by atoms with van der Waals surface area (Å²) in [7, 11) is 0. The Hall–Kier alpha value is -2.97. The third-order valence-electron chi connectivity index (χ3n) is 4.92. The van der Waals surface area contributed by atoms with Gasteiger partial charge >= 0.3 is 11.7 Å². The largest absolute Gasteiger partial charge is 0.464 e. The minimum Gasteiger partial charge on any atom is -0.464 e. The first-order valence-electron chi connectivity index (χ1n) is 10.3. The molecule has 3 rings (SSSR count). The van der Waals surface area contributed by atoms with Crippen LogP contribution < -0.4 is 16.6 Å². The summed E-state index contributed by atoms with van der Waals surface area (Å²) in [4.78, 5) is 56.5. The fourth-order valence-corrected chi connectivity index (χ4v) is 3.10. The Morgan fingerprint density at radius 3 is 2.57 bits per heavy atom. The van der Waals surface area contributed by atoms with Crippen LogP contribution in [0.1, 0.15) is 62.5 Å². The number of nitrogens with one attached hydrogen (secondary N) is 2. The van der Waals surface area contributed by atoms with Crippen LogP contribution in [-0.2, 0) is 16.1 Å². The molecule has 2 heterocycles. The first kappa shape index (κ1) is 21.7. The predicted molar refractivity (Wildman–Crippen MR) is 112 cm³/mol. The second-order valence-electron chi connectivity index (χ2n) is 8.52. The van der Waals surface area contributed by atoms with Crippen LogP contribution in [-0.4, -0.2) is 39.6 Å². The van der Waals surface area contributed by atoms with Crippen LogP contribution in [0, 0.1) is 11.8 Å². The molecule has 1 amide bonds. The summed E-state index contributed by atoms with van der Waals surface area (Å²) in [5, 5.41) is 2.55. The zero-order valence-corrected chi connectivity index (χ0v) is 17.8. The van der Waals surface area contributed by atoms with E-state index in [2.05, 4.69) is 15.3 Å². The van der Waals surface area contributed by atoms with Crippen molar-refractivity contribution in [3.05, 3.63) is 38.2 Å². The Bertz CT molecular complexity index is 1080. The van der Waals surface area contributed by atoms with Crippen LogP contribution in [0.3, 0.4) is 0 Å². The maximum absolute atomic E-state index is 12.9. The summed E-state index contributed by atoms with van der Waals surface area (Å²) >= 11 is 0. The van der Waals surface area contributed by atoms with Gasteiger partial charge in [-0.3, -0.25) is 23.9 Å². The second-order valence-corrected chi connectivity index (χ2v) is 8.52. The molecule has 0 aromatic carbocycles. The Morgan fingerprint density at radius 2 is 1.97 bits per heavy atom. The third-order valence-corrected chi connectivity index (χ3v) is 4.92. The Labute approximate surface area is 173 Å². The fourth-order valence-electron chi connectivity index (χ4n) is 3.10. The Kier molecular flexibility index (Phi) is 6.38. The molecular weight excluding hydrogens is 388 g/mol. The number of H-pyrrole nitrogens is 1. The van der Waals surface area contributed by atoms with E-state index in [0.717, 1.165) is 12.8 Å². The molecule has 162 valence electrons. The number of aromatic amines is 1. The van der Waals surface area contributed by atoms with E-state index in [1.807, 2.05) is 27.7 Å². The number of hydrogen-bond acceptors (Lipinski definition) is 6. The standard InChI is InChI=1S/C21H28N4O5/c1-11(2)9-25-18-17(20(28)24-21(25)29)14(7-15(23-18)12(3)4)19(27)22-8-16(26)30-10-13-5-6-13/h7,11-13H,5-6,8-10H2,1-4H3,(H,22,27)(H,24,28,29). The predicted octanol–water partition coefficient (Wildman–Crippen LogP) is 1.55. The van der Waals surface area contributed by atoms with Gasteiger partial charge in [0.25, 0.3) is 11.5 Å². The Morgan fingerprint density at radius 1 is 1.27 bits per heavy atom. The van der Waals surface area contributed by atoms with Crippen LogP contribution in [0.25, 0.3) is 11.0 Å². The summed E-state index contributed by atoms with van der Waals surface area (Å²) < 4.78 is 6.51. The molecule has 2 aromatic heterocycles. The number of nitrogens with zero attached hydrogens (tertiary/aromatic N) is 2. The molecule has 0 aliphatic heterocycles. The van der Waals surface area contributed by atoms with E-state index in [0.29, 0.717) is 24.8 Å². The highest BCUT2D eigenvalue weighted by Gasteiger charge is 2.24. The number of carbonyl (C=O) groups excluding carboxylic acids is 2. The van der Waals surface area contributed by atoms with E-state index < -0.39 is 23.1 Å². The number of aromatic nitrogens is 3. The SMILES string of the molecule is CC(C)Cn1c(=O)[nH]c(=O)c2c(C(=O)NCC(=O)OCC3CC3)cc(C(C)C)nc21. The quantitative estimate of drug-likeness (QED) is 0.630. The second kappa shape index (κ2) is 8.81. The zero-order valence-electron chi connectivity index (χ0n) is 17.8. The normalized spacial score (nSPS) is 13.8. The number of rotatable bonds is 8. The molecule has 2 N–H and O–H groups in total. The summed E-state index contributed by atoms with van der Waals surface area (Å²) in [6.07, 6.45) is 2.11. The lowest BCUT2D eigenvalue weighted by Crippen LogP contribution is -2.35. The van der Waals surface area contributed by atoms with Crippen molar-refractivity contribution in [2.75, 3.05) is 13.2 Å². The van der Waals surface area contributed by atoms with Crippen molar-refractivity contribution >= 4 is 22.9 Å². The topological polar surface area (TPSA) is 123 Å². The highest BCUT2D eigenvalue weighted by atomic mass is 16.5. The molecule has 2 aromatic rings. The maximum Gasteiger partial charge on any atom is 0.330 e. The van der Waals surface area contributed by atoms with Gasteiger partial charge in [-0.1, -0.05) is 27.7 Å². The van der Waals surface area contributed by atoms with Crippen molar-refractivity contribution in [2.45, 2.75) is 53.0 Å². The van der Waals surface area contributed by atoms with Crippen molar-refractivity contribution in [2.24, 2.45) is 11.8 Å². The minimum atomic E-state index is -0.681. The van der Waals surface area contributed by atoms with Gasteiger partial charge in [-0.25, -0.2) is 9.78 Å². The molecular formula is C21H28N4O5. The lowest BCUT2D eigenvalue weighted by atomic mass is 10.0. The first-order chi connectivity index (χ1) is 14.2. The van der Waals surface area contributed by atoms with E-state index in [-0.39, 0.29) is 35.0 Å². The van der Waals surface area contributed by atoms with Crippen LogP contribution in [0.5, 0.6) is 0 Å². The van der Waals surface area contributed by atoms with E-state index >= 15 is 0 Å². The number of ether oxygens (including phenoxy) is 1. The molecule has 1 aliphatic rings. The van der Waals surface area contributed by atoms with Crippen molar-refractivity contribution in [1.29, 1.82) is 0 Å². The molecule has 1 fully saturated rings. The number of amides is 1. The first-order valence-corrected chi connectivity index (χ1v) is 10.3. The van der Waals surface area contributed by atoms with Crippen molar-refractivity contribution in [3.8, 4) is 0 Å². The van der Waals surface area contributed by atoms with Gasteiger partial charge in [0, 0.05) is 12.2 Å². The average Bonchev–Trinajstić information content (AvgIpc) is 3.50. The number of carbonyl (C=O) groups is 2. The lowest BCUT2D eigenvalue weighted by Gasteiger charge is -2.16. The van der Waals surface area contributed by atoms with Crippen molar-refractivity contribution in [3.63, 3.8) is 0 Å². The van der Waals surface area contributed by atoms with Crippen molar-refractivity contribution in [1.82, 2.24) is 19.9 Å². The molecule has 1 aliphatic carbocycles. The summed E-state index contributed by atoms with van der Waals surface area (Å²) in [6, 6.07) is 1.54. The molecule has 9 nitrogen and oxygen atoms in total. The fraction of sp³-hybridized carbons (Fsp3) is 0.571. The van der Waals surface area contributed by atoms with Gasteiger partial charge in [-0.05, 0) is 36.7 Å². The van der Waals surface area contributed by atoms with Gasteiger partial charge < -0.3 is 10.1 Å². The highest BCUT2D eigenvalue weighted by molar-refractivity contribution is 6.06. The third kappa shape index (κ3) is 4.95. The van der Waals surface area contributed by atoms with Crippen LogP contribution in [0.4, 0.5) is 0 Å². The van der Waals surface area contributed by atoms with Gasteiger partial charge in [0.05, 0.1) is 17.6 Å². The highest BCUT2D eigenvalue weighted by Crippen LogP contribution is 2.28. The summed E-state index contributed by atoms with van der Waals surface area (Å²) in [5.74, 6) is -0.596. The average molecular weight is 416 g/mol. The van der Waals surface area contributed by atoms with Crippen molar-refractivity contribution < 1.29 is 14.3 Å². The van der Waals surface area contributed by atoms with Gasteiger partial charge in [0.2, 0.25) is 0 Å². The molecule has 0 spiro atoms. The van der Waals surface area contributed by atoms with Crippen LogP contribution >= 0.6 is 0 Å². The summed E-state index contributed by atoms with van der Waals surface area (Å²) in [5.41, 5.74) is -0.419. The number of hydrogen-bond donors (Lipinski definition) is 2.